The van der Waals surface area contributed by atoms with E-state index in [1.54, 1.807) is 0 Å². The Morgan fingerprint density at radius 1 is 0.862 bits per heavy atom. The first-order valence-corrected chi connectivity index (χ1v) is 10.9. The van der Waals surface area contributed by atoms with Gasteiger partial charge >= 0.3 is 0 Å². The summed E-state index contributed by atoms with van der Waals surface area (Å²) < 4.78 is 25.3. The number of hydrogen-bond donors (Lipinski definition) is 0. The van der Waals surface area contributed by atoms with Crippen molar-refractivity contribution in [2.24, 2.45) is 0 Å². The van der Waals surface area contributed by atoms with E-state index in [0.717, 1.165) is 50.7 Å². The summed E-state index contributed by atoms with van der Waals surface area (Å²) in [5, 5.41) is 4.78. The molecule has 0 N–H and O–H groups in total. The summed E-state index contributed by atoms with van der Waals surface area (Å²) in [5.41, 5.74) is 2.78. The third-order valence-electron chi connectivity index (χ3n) is 4.66. The van der Waals surface area contributed by atoms with Gasteiger partial charge in [-0.05, 0) is 80.4 Å². The Morgan fingerprint density at radius 3 is 1.90 bits per heavy atom. The molecule has 6 nitrogen and oxygen atoms in total. The maximum atomic E-state index is 5.71. The van der Waals surface area contributed by atoms with Crippen LogP contribution in [0.1, 0.15) is 0 Å². The normalized spacial score (nSPS) is 19.8. The minimum absolute atomic E-state index is 0.243. The SMILES string of the molecule is Brc1c(-c2ccc(OCC3CO3)cc2)nn(-c2ccc(OCC3CO3)cc2)c1Br. The van der Waals surface area contributed by atoms with Crippen molar-refractivity contribution in [2.75, 3.05) is 26.4 Å². The van der Waals surface area contributed by atoms with Gasteiger partial charge in [0, 0.05) is 5.56 Å². The Labute approximate surface area is 185 Å². The fourth-order valence-electron chi connectivity index (χ4n) is 2.83. The highest BCUT2D eigenvalue weighted by molar-refractivity contribution is 9.13. The molecular weight excluding hydrogens is 504 g/mol. The lowest BCUT2D eigenvalue weighted by Crippen LogP contribution is -2.04. The van der Waals surface area contributed by atoms with E-state index in [2.05, 4.69) is 31.9 Å². The molecule has 8 heteroatoms. The zero-order chi connectivity index (χ0) is 19.8. The third kappa shape index (κ3) is 4.50. The number of epoxide rings is 2. The minimum Gasteiger partial charge on any atom is -0.491 e. The van der Waals surface area contributed by atoms with Gasteiger partial charge in [0.2, 0.25) is 0 Å². The average Bonchev–Trinajstić information content (AvgIpc) is 3.67. The second-order valence-electron chi connectivity index (χ2n) is 6.92. The lowest BCUT2D eigenvalue weighted by molar-refractivity contribution is 0.263. The van der Waals surface area contributed by atoms with Crippen molar-refractivity contribution in [3.8, 4) is 28.4 Å². The molecule has 0 aliphatic carbocycles. The van der Waals surface area contributed by atoms with Crippen LogP contribution in [0, 0.1) is 0 Å². The second-order valence-corrected chi connectivity index (χ2v) is 8.46. The summed E-state index contributed by atoms with van der Waals surface area (Å²) in [5.74, 6) is 1.64. The van der Waals surface area contributed by atoms with Crippen molar-refractivity contribution in [3.05, 3.63) is 57.6 Å². The van der Waals surface area contributed by atoms with Gasteiger partial charge in [0.1, 0.15) is 47.2 Å². The average molecular weight is 522 g/mol. The maximum Gasteiger partial charge on any atom is 0.124 e. The van der Waals surface area contributed by atoms with Crippen molar-refractivity contribution in [1.29, 1.82) is 0 Å². The highest BCUT2D eigenvalue weighted by Gasteiger charge is 2.24. The summed E-state index contributed by atoms with van der Waals surface area (Å²) >= 11 is 7.30. The molecule has 29 heavy (non-hydrogen) atoms. The van der Waals surface area contributed by atoms with Gasteiger partial charge in [0.25, 0.3) is 0 Å². The van der Waals surface area contributed by atoms with Crippen molar-refractivity contribution in [3.63, 3.8) is 0 Å². The van der Waals surface area contributed by atoms with E-state index in [1.165, 1.54) is 0 Å². The lowest BCUT2D eigenvalue weighted by Gasteiger charge is -2.07. The molecule has 0 bridgehead atoms. The Hall–Kier alpha value is -1.87. The quantitative estimate of drug-likeness (QED) is 0.405. The molecule has 0 spiro atoms. The van der Waals surface area contributed by atoms with E-state index < -0.39 is 0 Å². The largest absolute Gasteiger partial charge is 0.491 e. The molecular formula is C21H18Br2N2O4. The summed E-state index contributed by atoms with van der Waals surface area (Å²) in [6.45, 7) is 2.76. The fourth-order valence-corrected chi connectivity index (χ4v) is 3.78. The molecule has 2 aliphatic heterocycles. The van der Waals surface area contributed by atoms with Crippen molar-refractivity contribution in [2.45, 2.75) is 12.2 Å². The summed E-state index contributed by atoms with van der Waals surface area (Å²) in [6, 6.07) is 15.7. The number of hydrogen-bond acceptors (Lipinski definition) is 5. The van der Waals surface area contributed by atoms with Crippen LogP contribution in [0.2, 0.25) is 0 Å². The smallest absolute Gasteiger partial charge is 0.124 e. The summed E-state index contributed by atoms with van der Waals surface area (Å²) in [7, 11) is 0. The number of ether oxygens (including phenoxy) is 4. The first kappa shape index (κ1) is 19.1. The number of aromatic nitrogens is 2. The van der Waals surface area contributed by atoms with Crippen LogP contribution in [0.5, 0.6) is 11.5 Å². The molecule has 2 aliphatic rings. The molecule has 2 fully saturated rings. The monoisotopic (exact) mass is 520 g/mol. The standard InChI is InChI=1S/C21H18Br2N2O4/c22-19-20(13-1-5-15(6-2-13)26-9-17-11-28-17)24-25(21(19)23)14-3-7-16(8-4-14)27-10-18-12-29-18/h1-8,17-18H,9-12H2. The fraction of sp³-hybridized carbons (Fsp3) is 0.286. The molecule has 150 valence electrons. The topological polar surface area (TPSA) is 61.3 Å². The maximum absolute atomic E-state index is 5.71. The van der Waals surface area contributed by atoms with Gasteiger partial charge in [-0.1, -0.05) is 0 Å². The molecule has 1 aromatic heterocycles. The Balaban J connectivity index is 1.33. The van der Waals surface area contributed by atoms with Crippen LogP contribution < -0.4 is 9.47 Å². The molecule has 2 aromatic carbocycles. The number of nitrogens with zero attached hydrogens (tertiary/aromatic N) is 2. The molecule has 2 saturated heterocycles. The van der Waals surface area contributed by atoms with Crippen LogP contribution >= 0.6 is 31.9 Å². The first-order chi connectivity index (χ1) is 14.2. The summed E-state index contributed by atoms with van der Waals surface area (Å²) in [4.78, 5) is 0. The second kappa shape index (κ2) is 8.10. The summed E-state index contributed by atoms with van der Waals surface area (Å²) in [6.07, 6.45) is 0.488. The first-order valence-electron chi connectivity index (χ1n) is 9.31. The van der Waals surface area contributed by atoms with E-state index in [1.807, 2.05) is 53.2 Å². The third-order valence-corrected chi connectivity index (χ3v) is 6.68. The lowest BCUT2D eigenvalue weighted by atomic mass is 10.1. The molecule has 5 rings (SSSR count). The van der Waals surface area contributed by atoms with Gasteiger partial charge in [-0.25, -0.2) is 4.68 Å². The molecule has 0 saturated carbocycles. The zero-order valence-electron chi connectivity index (χ0n) is 15.4. The van der Waals surface area contributed by atoms with E-state index in [0.29, 0.717) is 13.2 Å². The van der Waals surface area contributed by atoms with Gasteiger partial charge in [-0.15, -0.1) is 0 Å². The van der Waals surface area contributed by atoms with E-state index in [-0.39, 0.29) is 12.2 Å². The van der Waals surface area contributed by atoms with Crippen molar-refractivity contribution >= 4 is 31.9 Å². The number of benzene rings is 2. The molecule has 2 unspecified atom stereocenters. The molecule has 3 heterocycles. The predicted molar refractivity (Wildman–Crippen MR) is 115 cm³/mol. The van der Waals surface area contributed by atoms with Gasteiger partial charge in [-0.3, -0.25) is 0 Å². The van der Waals surface area contributed by atoms with Crippen LogP contribution in [0.3, 0.4) is 0 Å². The van der Waals surface area contributed by atoms with Gasteiger partial charge in [0.05, 0.1) is 23.4 Å². The molecule has 3 aromatic rings. The molecule has 2 atom stereocenters. The van der Waals surface area contributed by atoms with Gasteiger partial charge in [0.15, 0.2) is 0 Å². The van der Waals surface area contributed by atoms with E-state index >= 15 is 0 Å². The Kier molecular flexibility index (Phi) is 5.34. The van der Waals surface area contributed by atoms with Crippen LogP contribution in [0.4, 0.5) is 0 Å². The molecule has 0 radical (unpaired) electrons. The van der Waals surface area contributed by atoms with E-state index in [9.17, 15) is 0 Å². The van der Waals surface area contributed by atoms with Crippen molar-refractivity contribution in [1.82, 2.24) is 9.78 Å². The molecule has 0 amide bonds. The van der Waals surface area contributed by atoms with Crippen LogP contribution in [-0.2, 0) is 9.47 Å². The number of halogens is 2. The Morgan fingerprint density at radius 2 is 1.38 bits per heavy atom. The highest BCUT2D eigenvalue weighted by atomic mass is 79.9. The zero-order valence-corrected chi connectivity index (χ0v) is 18.6. The van der Waals surface area contributed by atoms with Gasteiger partial charge in [-0.2, -0.15) is 5.10 Å². The Bertz CT molecular complexity index is 917. The van der Waals surface area contributed by atoms with Crippen LogP contribution in [0.15, 0.2) is 57.6 Å². The van der Waals surface area contributed by atoms with Crippen LogP contribution in [-0.4, -0.2) is 48.4 Å². The van der Waals surface area contributed by atoms with E-state index in [4.69, 9.17) is 24.0 Å². The number of rotatable bonds is 8. The van der Waals surface area contributed by atoms with Crippen molar-refractivity contribution < 1.29 is 18.9 Å². The van der Waals surface area contributed by atoms with Gasteiger partial charge < -0.3 is 18.9 Å². The predicted octanol–water partition coefficient (Wildman–Crippen LogP) is 4.62. The van der Waals surface area contributed by atoms with Crippen LogP contribution in [0.25, 0.3) is 16.9 Å². The highest BCUT2D eigenvalue weighted by Crippen LogP contribution is 2.36. The minimum atomic E-state index is 0.243.